The number of para-hydroxylation sites is 1. The van der Waals surface area contributed by atoms with Gasteiger partial charge in [-0.3, -0.25) is 4.79 Å². The Morgan fingerprint density at radius 3 is 2.75 bits per heavy atom. The normalized spacial score (nSPS) is 11.3. The van der Waals surface area contributed by atoms with E-state index in [2.05, 4.69) is 36.7 Å². The summed E-state index contributed by atoms with van der Waals surface area (Å²) in [6, 6.07) is 8.27. The van der Waals surface area contributed by atoms with Crippen LogP contribution >= 0.6 is 0 Å². The number of hydrogen-bond acceptors (Lipinski definition) is 1. The van der Waals surface area contributed by atoms with Gasteiger partial charge in [0.1, 0.15) is 0 Å². The highest BCUT2D eigenvalue weighted by atomic mass is 16.4. The summed E-state index contributed by atoms with van der Waals surface area (Å²) in [4.78, 5) is 10.8. The average molecular weight is 273 g/mol. The molecule has 0 atom stereocenters. The molecule has 1 aromatic heterocycles. The van der Waals surface area contributed by atoms with Gasteiger partial charge in [0.15, 0.2) is 0 Å². The van der Waals surface area contributed by atoms with Gasteiger partial charge in [0.05, 0.1) is 0 Å². The van der Waals surface area contributed by atoms with E-state index in [0.29, 0.717) is 6.42 Å². The number of carbonyl (C=O) groups is 1. The van der Waals surface area contributed by atoms with Crippen molar-refractivity contribution in [2.45, 2.75) is 46.1 Å². The first-order chi connectivity index (χ1) is 9.58. The zero-order chi connectivity index (χ0) is 14.5. The van der Waals surface area contributed by atoms with Crippen LogP contribution in [0.1, 0.15) is 38.7 Å². The quantitative estimate of drug-likeness (QED) is 0.825. The van der Waals surface area contributed by atoms with Crippen LogP contribution in [0, 0.1) is 5.92 Å². The molecule has 0 saturated carbocycles. The Bertz CT molecular complexity index is 584. The predicted molar refractivity (Wildman–Crippen MR) is 82.0 cm³/mol. The minimum Gasteiger partial charge on any atom is -0.481 e. The number of hydrogen-bond donors (Lipinski definition) is 1. The maximum Gasteiger partial charge on any atom is 0.303 e. The summed E-state index contributed by atoms with van der Waals surface area (Å²) < 4.78 is 2.27. The molecule has 0 aliphatic carbocycles. The smallest absolute Gasteiger partial charge is 0.303 e. The topological polar surface area (TPSA) is 42.2 Å². The number of rotatable bonds is 7. The fourth-order valence-corrected chi connectivity index (χ4v) is 2.62. The van der Waals surface area contributed by atoms with E-state index < -0.39 is 5.97 Å². The Morgan fingerprint density at radius 2 is 2.05 bits per heavy atom. The molecule has 3 heteroatoms. The number of fused-ring (bicyclic) bond motifs is 1. The van der Waals surface area contributed by atoms with E-state index in [1.165, 1.54) is 17.3 Å². The van der Waals surface area contributed by atoms with Crippen LogP contribution in [0.15, 0.2) is 30.5 Å². The van der Waals surface area contributed by atoms with Crippen LogP contribution in [0.2, 0.25) is 0 Å². The van der Waals surface area contributed by atoms with Crippen molar-refractivity contribution in [1.82, 2.24) is 4.57 Å². The molecule has 1 heterocycles. The molecule has 2 aromatic rings. The van der Waals surface area contributed by atoms with E-state index >= 15 is 0 Å². The van der Waals surface area contributed by atoms with E-state index in [4.69, 9.17) is 5.11 Å². The van der Waals surface area contributed by atoms with Crippen molar-refractivity contribution in [3.63, 3.8) is 0 Å². The van der Waals surface area contributed by atoms with Crippen LogP contribution < -0.4 is 0 Å². The lowest BCUT2D eigenvalue weighted by atomic mass is 10.1. The molecule has 1 aromatic carbocycles. The average Bonchev–Trinajstić information content (AvgIpc) is 2.75. The molecule has 20 heavy (non-hydrogen) atoms. The summed E-state index contributed by atoms with van der Waals surface area (Å²) in [5.41, 5.74) is 2.36. The van der Waals surface area contributed by atoms with Crippen LogP contribution in [0.25, 0.3) is 10.9 Å². The maximum absolute atomic E-state index is 10.8. The van der Waals surface area contributed by atoms with Crippen molar-refractivity contribution in [1.29, 1.82) is 0 Å². The SMILES string of the molecule is CC(C)CCCn1cc(CCC(=O)O)c2ccccc21. The molecule has 0 fully saturated rings. The predicted octanol–water partition coefficient (Wildman–Crippen LogP) is 4.09. The van der Waals surface area contributed by atoms with Gasteiger partial charge in [-0.15, -0.1) is 0 Å². The van der Waals surface area contributed by atoms with Gasteiger partial charge in [0, 0.05) is 30.1 Å². The number of aryl methyl sites for hydroxylation is 2. The summed E-state index contributed by atoms with van der Waals surface area (Å²) in [6.45, 7) is 5.49. The van der Waals surface area contributed by atoms with E-state index in [1.54, 1.807) is 0 Å². The first-order valence-corrected chi connectivity index (χ1v) is 7.36. The van der Waals surface area contributed by atoms with Gasteiger partial charge in [0.25, 0.3) is 0 Å². The summed E-state index contributed by atoms with van der Waals surface area (Å²) in [5, 5.41) is 10.0. The van der Waals surface area contributed by atoms with Crippen LogP contribution in [0.4, 0.5) is 0 Å². The number of nitrogens with zero attached hydrogens (tertiary/aromatic N) is 1. The number of carboxylic acids is 1. The summed E-state index contributed by atoms with van der Waals surface area (Å²) in [6.07, 6.45) is 5.31. The molecule has 0 aliphatic rings. The molecule has 0 aliphatic heterocycles. The Hall–Kier alpha value is -1.77. The van der Waals surface area contributed by atoms with Crippen LogP contribution in [0.5, 0.6) is 0 Å². The van der Waals surface area contributed by atoms with Gasteiger partial charge in [-0.2, -0.15) is 0 Å². The van der Waals surface area contributed by atoms with Gasteiger partial charge in [-0.1, -0.05) is 32.0 Å². The third-order valence-corrected chi connectivity index (χ3v) is 3.66. The molecular weight excluding hydrogens is 250 g/mol. The van der Waals surface area contributed by atoms with Gasteiger partial charge in [-0.05, 0) is 36.8 Å². The van der Waals surface area contributed by atoms with Gasteiger partial charge < -0.3 is 9.67 Å². The summed E-state index contributed by atoms with van der Waals surface area (Å²) >= 11 is 0. The fourth-order valence-electron chi connectivity index (χ4n) is 2.62. The zero-order valence-electron chi connectivity index (χ0n) is 12.3. The molecule has 0 unspecified atom stereocenters. The third-order valence-electron chi connectivity index (χ3n) is 3.66. The Morgan fingerprint density at radius 1 is 1.30 bits per heavy atom. The first kappa shape index (κ1) is 14.6. The maximum atomic E-state index is 10.8. The number of aromatic nitrogens is 1. The van der Waals surface area contributed by atoms with Crippen molar-refractivity contribution < 1.29 is 9.90 Å². The van der Waals surface area contributed by atoms with Crippen LogP contribution in [0.3, 0.4) is 0 Å². The fraction of sp³-hybridized carbons (Fsp3) is 0.471. The second kappa shape index (κ2) is 6.60. The number of carboxylic acid groups (broad SMARTS) is 1. The lowest BCUT2D eigenvalue weighted by Gasteiger charge is -2.07. The molecule has 0 bridgehead atoms. The van der Waals surface area contributed by atoms with E-state index in [0.717, 1.165) is 24.4 Å². The lowest BCUT2D eigenvalue weighted by Crippen LogP contribution is -1.99. The molecular formula is C17H23NO2. The minimum absolute atomic E-state index is 0.194. The molecule has 2 rings (SSSR count). The van der Waals surface area contributed by atoms with Crippen molar-refractivity contribution in [3.05, 3.63) is 36.0 Å². The second-order valence-corrected chi connectivity index (χ2v) is 5.79. The van der Waals surface area contributed by atoms with Gasteiger partial charge in [-0.25, -0.2) is 0 Å². The Kier molecular flexibility index (Phi) is 4.83. The van der Waals surface area contributed by atoms with Gasteiger partial charge in [0.2, 0.25) is 0 Å². The molecule has 0 amide bonds. The highest BCUT2D eigenvalue weighted by Crippen LogP contribution is 2.23. The second-order valence-electron chi connectivity index (χ2n) is 5.79. The number of benzene rings is 1. The molecule has 1 N–H and O–H groups in total. The first-order valence-electron chi connectivity index (χ1n) is 7.36. The molecule has 0 radical (unpaired) electrons. The van der Waals surface area contributed by atoms with Crippen molar-refractivity contribution in [2.75, 3.05) is 0 Å². The zero-order valence-corrected chi connectivity index (χ0v) is 12.3. The third kappa shape index (κ3) is 3.62. The minimum atomic E-state index is -0.735. The molecule has 108 valence electrons. The van der Waals surface area contributed by atoms with Crippen molar-refractivity contribution in [3.8, 4) is 0 Å². The standard InChI is InChI=1S/C17H23NO2/c1-13(2)6-5-11-18-12-14(9-10-17(19)20)15-7-3-4-8-16(15)18/h3-4,7-8,12-13H,5-6,9-11H2,1-2H3,(H,19,20). The highest BCUT2D eigenvalue weighted by Gasteiger charge is 2.09. The monoisotopic (exact) mass is 273 g/mol. The molecule has 0 saturated heterocycles. The molecule has 3 nitrogen and oxygen atoms in total. The Labute approximate surface area is 120 Å². The van der Waals surface area contributed by atoms with Gasteiger partial charge >= 0.3 is 5.97 Å². The van der Waals surface area contributed by atoms with Crippen LogP contribution in [-0.4, -0.2) is 15.6 Å². The largest absolute Gasteiger partial charge is 0.481 e. The lowest BCUT2D eigenvalue weighted by molar-refractivity contribution is -0.136. The number of aliphatic carboxylic acids is 1. The summed E-state index contributed by atoms with van der Waals surface area (Å²) in [7, 11) is 0. The Balaban J connectivity index is 2.19. The highest BCUT2D eigenvalue weighted by molar-refractivity contribution is 5.84. The van der Waals surface area contributed by atoms with Crippen molar-refractivity contribution in [2.24, 2.45) is 5.92 Å². The van der Waals surface area contributed by atoms with E-state index in [-0.39, 0.29) is 6.42 Å². The van der Waals surface area contributed by atoms with Crippen LogP contribution in [-0.2, 0) is 17.8 Å². The molecule has 0 spiro atoms. The summed E-state index contributed by atoms with van der Waals surface area (Å²) in [5.74, 6) is -0.00931. The van der Waals surface area contributed by atoms with E-state index in [1.807, 2.05) is 12.1 Å². The van der Waals surface area contributed by atoms with E-state index in [9.17, 15) is 4.79 Å². The van der Waals surface area contributed by atoms with Crippen molar-refractivity contribution >= 4 is 16.9 Å².